The van der Waals surface area contributed by atoms with Crippen molar-refractivity contribution >= 4 is 22.8 Å². The third-order valence-corrected chi connectivity index (χ3v) is 5.91. The topological polar surface area (TPSA) is 94.5 Å². The van der Waals surface area contributed by atoms with Crippen LogP contribution in [0, 0.1) is 13.8 Å². The zero-order valence-electron chi connectivity index (χ0n) is 16.8. The minimum Gasteiger partial charge on any atom is -0.480 e. The molecule has 0 aliphatic carbocycles. The Morgan fingerprint density at radius 3 is 2.66 bits per heavy atom. The quantitative estimate of drug-likeness (QED) is 0.528. The number of carbonyl (C=O) groups is 1. The van der Waals surface area contributed by atoms with Gasteiger partial charge in [0.2, 0.25) is 5.88 Å². The van der Waals surface area contributed by atoms with Crippen LogP contribution in [-0.2, 0) is 0 Å². The van der Waals surface area contributed by atoms with Crippen molar-refractivity contribution in [2.24, 2.45) is 0 Å². The first-order valence-corrected chi connectivity index (χ1v) is 9.95. The number of rotatable bonds is 5. The SMILES string of the molecule is COc1nc(-c2ccn3ncc(-c4c(C)nn(C(C)C)c4C)c3c2)sc1C(=O)O. The van der Waals surface area contributed by atoms with Crippen LogP contribution in [0.5, 0.6) is 5.88 Å². The number of aromatic carboxylic acids is 1. The second-order valence-electron chi connectivity index (χ2n) is 7.05. The number of carboxylic acids is 1. The molecule has 0 aromatic carbocycles. The normalized spacial score (nSPS) is 11.5. The van der Waals surface area contributed by atoms with Crippen molar-refractivity contribution in [2.45, 2.75) is 33.7 Å². The maximum atomic E-state index is 11.4. The molecule has 9 heteroatoms. The van der Waals surface area contributed by atoms with E-state index in [9.17, 15) is 9.90 Å². The molecule has 0 bridgehead atoms. The molecular weight excluding hydrogens is 390 g/mol. The van der Waals surface area contributed by atoms with Gasteiger partial charge in [-0.1, -0.05) is 0 Å². The Kier molecular flexibility index (Phi) is 4.62. The summed E-state index contributed by atoms with van der Waals surface area (Å²) in [5.41, 5.74) is 5.79. The summed E-state index contributed by atoms with van der Waals surface area (Å²) in [7, 11) is 1.42. The number of ether oxygens (including phenoxy) is 1. The molecule has 150 valence electrons. The molecule has 0 spiro atoms. The fourth-order valence-corrected chi connectivity index (χ4v) is 4.44. The van der Waals surface area contributed by atoms with Gasteiger partial charge in [-0.2, -0.15) is 10.2 Å². The molecule has 0 atom stereocenters. The fraction of sp³-hybridized carbons (Fsp3) is 0.300. The first-order valence-electron chi connectivity index (χ1n) is 9.13. The zero-order chi connectivity index (χ0) is 20.9. The summed E-state index contributed by atoms with van der Waals surface area (Å²) in [5.74, 6) is -0.930. The molecule has 8 nitrogen and oxygen atoms in total. The number of aryl methyl sites for hydroxylation is 1. The van der Waals surface area contributed by atoms with Crippen molar-refractivity contribution in [3.8, 4) is 27.6 Å². The summed E-state index contributed by atoms with van der Waals surface area (Å²) in [4.78, 5) is 15.9. The van der Waals surface area contributed by atoms with Gasteiger partial charge in [-0.3, -0.25) is 4.68 Å². The maximum absolute atomic E-state index is 11.4. The number of hydrogen-bond acceptors (Lipinski definition) is 6. The lowest BCUT2D eigenvalue weighted by Crippen LogP contribution is -2.04. The monoisotopic (exact) mass is 411 g/mol. The molecule has 0 aliphatic rings. The number of nitrogens with zero attached hydrogens (tertiary/aromatic N) is 5. The number of methoxy groups -OCH3 is 1. The molecular formula is C20H21N5O3S. The van der Waals surface area contributed by atoms with Crippen molar-refractivity contribution in [2.75, 3.05) is 7.11 Å². The molecule has 0 saturated carbocycles. The summed E-state index contributed by atoms with van der Waals surface area (Å²) in [6.07, 6.45) is 3.69. The van der Waals surface area contributed by atoms with Crippen LogP contribution in [0.2, 0.25) is 0 Å². The average Bonchev–Trinajstić information content (AvgIpc) is 3.36. The van der Waals surface area contributed by atoms with Gasteiger partial charge in [-0.25, -0.2) is 14.3 Å². The van der Waals surface area contributed by atoms with Crippen LogP contribution in [-0.4, -0.2) is 42.6 Å². The van der Waals surface area contributed by atoms with Crippen LogP contribution in [0.1, 0.15) is 40.9 Å². The Balaban J connectivity index is 1.88. The molecule has 29 heavy (non-hydrogen) atoms. The highest BCUT2D eigenvalue weighted by molar-refractivity contribution is 7.17. The van der Waals surface area contributed by atoms with Gasteiger partial charge in [-0.05, 0) is 39.8 Å². The molecule has 4 aromatic rings. The van der Waals surface area contributed by atoms with Gasteiger partial charge in [0.1, 0.15) is 5.01 Å². The lowest BCUT2D eigenvalue weighted by atomic mass is 10.0. The summed E-state index contributed by atoms with van der Waals surface area (Å²) in [6.45, 7) is 8.27. The van der Waals surface area contributed by atoms with Gasteiger partial charge in [0.25, 0.3) is 0 Å². The van der Waals surface area contributed by atoms with Crippen LogP contribution in [0.25, 0.3) is 27.2 Å². The van der Waals surface area contributed by atoms with Gasteiger partial charge < -0.3 is 9.84 Å². The number of hydrogen-bond donors (Lipinski definition) is 1. The highest BCUT2D eigenvalue weighted by atomic mass is 32.1. The minimum absolute atomic E-state index is 0.0843. The Labute approximate surface area is 171 Å². The van der Waals surface area contributed by atoms with Crippen molar-refractivity contribution in [3.05, 3.63) is 40.8 Å². The third-order valence-electron chi connectivity index (χ3n) is 4.84. The van der Waals surface area contributed by atoms with E-state index in [1.54, 1.807) is 4.52 Å². The van der Waals surface area contributed by atoms with E-state index in [-0.39, 0.29) is 16.8 Å². The highest BCUT2D eigenvalue weighted by Crippen LogP contribution is 2.36. The Morgan fingerprint density at radius 1 is 1.31 bits per heavy atom. The summed E-state index contributed by atoms with van der Waals surface area (Å²) < 4.78 is 8.94. The van der Waals surface area contributed by atoms with Crippen LogP contribution in [0.15, 0.2) is 24.5 Å². The predicted octanol–water partition coefficient (Wildman–Crippen LogP) is 4.23. The molecule has 0 aliphatic heterocycles. The summed E-state index contributed by atoms with van der Waals surface area (Å²) in [5, 5.41) is 19.1. The third kappa shape index (κ3) is 3.07. The molecule has 4 rings (SSSR count). The number of pyridine rings is 1. The van der Waals surface area contributed by atoms with E-state index in [1.165, 1.54) is 7.11 Å². The lowest BCUT2D eigenvalue weighted by Gasteiger charge is -2.08. The van der Waals surface area contributed by atoms with E-state index in [4.69, 9.17) is 4.74 Å². The minimum atomic E-state index is -1.05. The second-order valence-corrected chi connectivity index (χ2v) is 8.05. The molecule has 4 aromatic heterocycles. The summed E-state index contributed by atoms with van der Waals surface area (Å²) >= 11 is 1.09. The molecule has 4 heterocycles. The molecule has 0 radical (unpaired) electrons. The van der Waals surface area contributed by atoms with E-state index in [2.05, 4.69) is 36.0 Å². The number of carboxylic acid groups (broad SMARTS) is 1. The molecule has 0 amide bonds. The molecule has 0 saturated heterocycles. The lowest BCUT2D eigenvalue weighted by molar-refractivity contribution is 0.0698. The first-order chi connectivity index (χ1) is 13.8. The predicted molar refractivity (Wildman–Crippen MR) is 111 cm³/mol. The van der Waals surface area contributed by atoms with E-state index in [1.807, 2.05) is 36.1 Å². The number of fused-ring (bicyclic) bond motifs is 1. The van der Waals surface area contributed by atoms with Crippen molar-refractivity contribution in [3.63, 3.8) is 0 Å². The van der Waals surface area contributed by atoms with Crippen LogP contribution in [0.3, 0.4) is 0 Å². The highest BCUT2D eigenvalue weighted by Gasteiger charge is 2.21. The second kappa shape index (κ2) is 7.00. The van der Waals surface area contributed by atoms with Crippen molar-refractivity contribution in [1.82, 2.24) is 24.4 Å². The smallest absolute Gasteiger partial charge is 0.351 e. The van der Waals surface area contributed by atoms with Crippen LogP contribution in [0.4, 0.5) is 0 Å². The Hall–Kier alpha value is -3.20. The zero-order valence-corrected chi connectivity index (χ0v) is 17.6. The summed E-state index contributed by atoms with van der Waals surface area (Å²) in [6, 6.07) is 4.10. The largest absolute Gasteiger partial charge is 0.480 e. The Bertz CT molecular complexity index is 1230. The maximum Gasteiger partial charge on any atom is 0.351 e. The van der Waals surface area contributed by atoms with E-state index in [0.717, 1.165) is 44.9 Å². The molecule has 1 N–H and O–H groups in total. The average molecular weight is 411 g/mol. The van der Waals surface area contributed by atoms with Gasteiger partial charge in [0.05, 0.1) is 24.5 Å². The number of thiazole rings is 1. The van der Waals surface area contributed by atoms with Crippen LogP contribution >= 0.6 is 11.3 Å². The van der Waals surface area contributed by atoms with Crippen LogP contribution < -0.4 is 4.74 Å². The number of aromatic nitrogens is 5. The Morgan fingerprint density at radius 2 is 2.07 bits per heavy atom. The van der Waals surface area contributed by atoms with Gasteiger partial charge in [0.15, 0.2) is 4.88 Å². The van der Waals surface area contributed by atoms with Gasteiger partial charge in [0, 0.05) is 34.6 Å². The first kappa shape index (κ1) is 19.1. The van der Waals surface area contributed by atoms with Gasteiger partial charge in [-0.15, -0.1) is 11.3 Å². The van der Waals surface area contributed by atoms with E-state index < -0.39 is 5.97 Å². The fourth-order valence-electron chi connectivity index (χ4n) is 3.56. The standard InChI is InChI=1S/C20H21N5O3S/c1-10(2)25-12(4)16(11(3)23-25)14-9-21-24-7-6-13(8-15(14)24)19-22-18(28-5)17(29-19)20(26)27/h6-10H,1-5H3,(H,26,27). The van der Waals surface area contributed by atoms with Gasteiger partial charge >= 0.3 is 5.97 Å². The van der Waals surface area contributed by atoms with Crippen molar-refractivity contribution in [1.29, 1.82) is 0 Å². The molecule has 0 unspecified atom stereocenters. The van der Waals surface area contributed by atoms with E-state index in [0.29, 0.717) is 5.01 Å². The molecule has 0 fully saturated rings. The van der Waals surface area contributed by atoms with E-state index >= 15 is 0 Å². The van der Waals surface area contributed by atoms with Crippen molar-refractivity contribution < 1.29 is 14.6 Å².